The lowest BCUT2D eigenvalue weighted by atomic mass is 10.1. The highest BCUT2D eigenvalue weighted by Crippen LogP contribution is 2.29. The van der Waals surface area contributed by atoms with Gasteiger partial charge in [0.25, 0.3) is 0 Å². The van der Waals surface area contributed by atoms with Gasteiger partial charge in [0, 0.05) is 18.3 Å². The third-order valence-corrected chi connectivity index (χ3v) is 2.60. The van der Waals surface area contributed by atoms with E-state index in [1.165, 1.54) is 12.1 Å². The summed E-state index contributed by atoms with van der Waals surface area (Å²) in [5.41, 5.74) is 6.32. The zero-order chi connectivity index (χ0) is 13.7. The molecule has 1 unspecified atom stereocenters. The normalized spacial score (nSPS) is 12.2. The van der Waals surface area contributed by atoms with Crippen LogP contribution in [0.2, 0.25) is 5.02 Å². The highest BCUT2D eigenvalue weighted by Gasteiger charge is 2.16. The van der Waals surface area contributed by atoms with Crippen molar-refractivity contribution in [1.82, 2.24) is 0 Å². The first-order chi connectivity index (χ1) is 8.45. The minimum Gasteiger partial charge on any atom is -0.478 e. The molecular weight excluding hydrogens is 256 g/mol. The molecule has 1 rings (SSSR count). The maximum Gasteiger partial charge on any atom is 0.337 e. The summed E-state index contributed by atoms with van der Waals surface area (Å²) in [6.07, 6.45) is 0. The minimum atomic E-state index is -1.07. The summed E-state index contributed by atoms with van der Waals surface area (Å²) in [4.78, 5) is 11.1. The molecule has 1 aromatic rings. The van der Waals surface area contributed by atoms with Gasteiger partial charge in [0.2, 0.25) is 0 Å². The van der Waals surface area contributed by atoms with Crippen molar-refractivity contribution in [2.24, 2.45) is 0 Å². The van der Waals surface area contributed by atoms with Gasteiger partial charge in [0.15, 0.2) is 0 Å². The van der Waals surface area contributed by atoms with Crippen molar-refractivity contribution >= 4 is 28.9 Å². The number of nitrogens with one attached hydrogen (secondary N) is 1. The number of anilines is 2. The fourth-order valence-corrected chi connectivity index (χ4v) is 1.81. The second-order valence-electron chi connectivity index (χ2n) is 3.94. The average molecular weight is 273 g/mol. The molecule has 0 amide bonds. The van der Waals surface area contributed by atoms with Crippen LogP contribution in [0.1, 0.15) is 24.2 Å². The summed E-state index contributed by atoms with van der Waals surface area (Å²) in [7, 11) is 0. The Bertz CT molecular complexity index is 438. The van der Waals surface area contributed by atoms with E-state index in [2.05, 4.69) is 5.32 Å². The first kappa shape index (κ1) is 14.6. The van der Waals surface area contributed by atoms with Crippen LogP contribution in [-0.2, 0) is 4.74 Å². The van der Waals surface area contributed by atoms with Crippen molar-refractivity contribution in [3.63, 3.8) is 0 Å². The Kier molecular flexibility index (Phi) is 5.25. The summed E-state index contributed by atoms with van der Waals surface area (Å²) in [6.45, 7) is 4.85. The zero-order valence-electron chi connectivity index (χ0n) is 10.4. The number of ether oxygens (including phenoxy) is 1. The first-order valence-corrected chi connectivity index (χ1v) is 6.00. The van der Waals surface area contributed by atoms with Gasteiger partial charge in [-0.25, -0.2) is 4.79 Å². The van der Waals surface area contributed by atoms with Gasteiger partial charge in [-0.15, -0.1) is 0 Å². The molecule has 0 aliphatic heterocycles. The van der Waals surface area contributed by atoms with Crippen LogP contribution in [0.3, 0.4) is 0 Å². The lowest BCUT2D eigenvalue weighted by Crippen LogP contribution is -2.23. The third-order valence-electron chi connectivity index (χ3n) is 2.31. The van der Waals surface area contributed by atoms with Gasteiger partial charge in [0.1, 0.15) is 0 Å². The number of halogens is 1. The molecule has 5 nitrogen and oxygen atoms in total. The van der Waals surface area contributed by atoms with Crippen LogP contribution in [0.4, 0.5) is 11.4 Å². The summed E-state index contributed by atoms with van der Waals surface area (Å²) in [5.74, 6) is -1.07. The second-order valence-corrected chi connectivity index (χ2v) is 4.34. The number of benzene rings is 1. The topological polar surface area (TPSA) is 84.6 Å². The maximum atomic E-state index is 11.1. The quantitative estimate of drug-likeness (QED) is 0.693. The molecule has 18 heavy (non-hydrogen) atoms. The molecule has 0 saturated heterocycles. The molecule has 1 aromatic carbocycles. The molecule has 0 spiro atoms. The molecule has 0 aliphatic carbocycles. The average Bonchev–Trinajstić information content (AvgIpc) is 2.29. The number of carboxylic acid groups (broad SMARTS) is 1. The molecule has 0 aromatic heterocycles. The lowest BCUT2D eigenvalue weighted by molar-refractivity contribution is 0.0697. The van der Waals surface area contributed by atoms with E-state index < -0.39 is 5.97 Å². The first-order valence-electron chi connectivity index (χ1n) is 5.62. The molecule has 1 atom stereocenters. The van der Waals surface area contributed by atoms with Crippen LogP contribution in [0, 0.1) is 0 Å². The van der Waals surface area contributed by atoms with E-state index >= 15 is 0 Å². The van der Waals surface area contributed by atoms with Crippen molar-refractivity contribution in [2.75, 3.05) is 24.3 Å². The van der Waals surface area contributed by atoms with Crippen LogP contribution < -0.4 is 11.1 Å². The largest absolute Gasteiger partial charge is 0.478 e. The summed E-state index contributed by atoms with van der Waals surface area (Å²) in [6, 6.07) is 2.84. The van der Waals surface area contributed by atoms with E-state index in [0.29, 0.717) is 24.6 Å². The smallest absolute Gasteiger partial charge is 0.337 e. The van der Waals surface area contributed by atoms with Crippen LogP contribution in [0.25, 0.3) is 0 Å². The van der Waals surface area contributed by atoms with Gasteiger partial charge in [0.05, 0.1) is 22.9 Å². The van der Waals surface area contributed by atoms with Gasteiger partial charge in [-0.2, -0.15) is 0 Å². The Morgan fingerprint density at radius 2 is 2.28 bits per heavy atom. The Labute approximate surface area is 111 Å². The number of nitrogen functional groups attached to an aromatic ring is 1. The van der Waals surface area contributed by atoms with E-state index in [1.807, 2.05) is 13.8 Å². The summed E-state index contributed by atoms with van der Waals surface area (Å²) >= 11 is 6.01. The van der Waals surface area contributed by atoms with E-state index in [1.54, 1.807) is 0 Å². The van der Waals surface area contributed by atoms with Gasteiger partial charge >= 0.3 is 5.97 Å². The number of nitrogens with two attached hydrogens (primary N) is 1. The van der Waals surface area contributed by atoms with E-state index in [9.17, 15) is 4.79 Å². The molecule has 0 fully saturated rings. The highest BCUT2D eigenvalue weighted by molar-refractivity contribution is 6.34. The van der Waals surface area contributed by atoms with Crippen LogP contribution in [-0.4, -0.2) is 30.3 Å². The summed E-state index contributed by atoms with van der Waals surface area (Å²) in [5, 5.41) is 12.4. The molecule has 0 aliphatic rings. The van der Waals surface area contributed by atoms with Crippen molar-refractivity contribution in [2.45, 2.75) is 19.9 Å². The highest BCUT2D eigenvalue weighted by atomic mass is 35.5. The Balaban J connectivity index is 2.96. The Morgan fingerprint density at radius 1 is 1.61 bits per heavy atom. The number of aromatic carboxylic acids is 1. The molecule has 0 radical (unpaired) electrons. The minimum absolute atomic E-state index is 0.0517. The number of carboxylic acids is 1. The zero-order valence-corrected chi connectivity index (χ0v) is 11.1. The molecule has 100 valence electrons. The second kappa shape index (κ2) is 6.47. The standard InChI is InChI=1S/C12H17ClN2O3/c1-3-18-6-7(2)15-11-9(12(16)17)4-8(14)5-10(11)13/h4-5,7,15H,3,6,14H2,1-2H3,(H,16,17). The summed E-state index contributed by atoms with van der Waals surface area (Å²) < 4.78 is 5.25. The van der Waals surface area contributed by atoms with Gasteiger partial charge < -0.3 is 20.9 Å². The molecule has 4 N–H and O–H groups in total. The number of rotatable bonds is 6. The molecule has 0 heterocycles. The molecule has 6 heteroatoms. The van der Waals surface area contributed by atoms with Crippen molar-refractivity contribution in [1.29, 1.82) is 0 Å². The Morgan fingerprint density at radius 3 is 2.83 bits per heavy atom. The maximum absolute atomic E-state index is 11.1. The van der Waals surface area contributed by atoms with Crippen molar-refractivity contribution < 1.29 is 14.6 Å². The number of carbonyl (C=O) groups is 1. The van der Waals surface area contributed by atoms with Crippen LogP contribution >= 0.6 is 11.6 Å². The van der Waals surface area contributed by atoms with Gasteiger partial charge in [-0.05, 0) is 26.0 Å². The third kappa shape index (κ3) is 3.78. The molecular formula is C12H17ClN2O3. The fraction of sp³-hybridized carbons (Fsp3) is 0.417. The number of hydrogen-bond donors (Lipinski definition) is 3. The molecule has 0 bridgehead atoms. The predicted octanol–water partition coefficient (Wildman–Crippen LogP) is 2.46. The van der Waals surface area contributed by atoms with E-state index in [4.69, 9.17) is 27.2 Å². The Hall–Kier alpha value is -1.46. The number of hydrogen-bond acceptors (Lipinski definition) is 4. The van der Waals surface area contributed by atoms with Gasteiger partial charge in [-0.1, -0.05) is 11.6 Å². The molecule has 0 saturated carbocycles. The van der Waals surface area contributed by atoms with Crippen molar-refractivity contribution in [3.8, 4) is 0 Å². The SMILES string of the molecule is CCOCC(C)Nc1c(Cl)cc(N)cc1C(=O)O. The van der Waals surface area contributed by atoms with Gasteiger partial charge in [-0.3, -0.25) is 0 Å². The van der Waals surface area contributed by atoms with Crippen LogP contribution in [0.5, 0.6) is 0 Å². The predicted molar refractivity (Wildman–Crippen MR) is 72.4 cm³/mol. The van der Waals surface area contributed by atoms with Crippen LogP contribution in [0.15, 0.2) is 12.1 Å². The monoisotopic (exact) mass is 272 g/mol. The van der Waals surface area contributed by atoms with Crippen molar-refractivity contribution in [3.05, 3.63) is 22.7 Å². The van der Waals surface area contributed by atoms with E-state index in [-0.39, 0.29) is 16.6 Å². The fourth-order valence-electron chi connectivity index (χ4n) is 1.53. The lowest BCUT2D eigenvalue weighted by Gasteiger charge is -2.18. The van der Waals surface area contributed by atoms with E-state index in [0.717, 1.165) is 0 Å².